The van der Waals surface area contributed by atoms with Crippen LogP contribution in [0.15, 0.2) is 103 Å². The monoisotopic (exact) mass is 664 g/mol. The Morgan fingerprint density at radius 2 is 1.67 bits per heavy atom. The summed E-state index contributed by atoms with van der Waals surface area (Å²) in [7, 11) is 0. The van der Waals surface area contributed by atoms with E-state index in [0.717, 1.165) is 40.9 Å². The molecule has 2 saturated heterocycles. The number of carbonyl (C=O) groups is 1. The fourth-order valence-electron chi connectivity index (χ4n) is 6.50. The third-order valence-electron chi connectivity index (χ3n) is 9.24. The molecule has 3 atom stereocenters. The molecule has 0 radical (unpaired) electrons. The number of aromatic nitrogens is 2. The van der Waals surface area contributed by atoms with Crippen LogP contribution < -0.4 is 5.32 Å². The van der Waals surface area contributed by atoms with Crippen LogP contribution in [0.5, 0.6) is 0 Å². The van der Waals surface area contributed by atoms with Crippen LogP contribution in [0.2, 0.25) is 5.02 Å². The molecule has 0 aliphatic carbocycles. The second-order valence-electron chi connectivity index (χ2n) is 12.5. The molecule has 3 N–H and O–H groups in total. The van der Waals surface area contributed by atoms with E-state index in [0.29, 0.717) is 42.0 Å². The summed E-state index contributed by atoms with van der Waals surface area (Å²) >= 11 is 6.08. The van der Waals surface area contributed by atoms with Gasteiger partial charge < -0.3 is 29.9 Å². The lowest BCUT2D eigenvalue weighted by Crippen LogP contribution is -2.46. The lowest BCUT2D eigenvalue weighted by Gasteiger charge is -2.42. The van der Waals surface area contributed by atoms with E-state index in [4.69, 9.17) is 21.1 Å². The molecule has 5 aromatic rings. The Labute approximate surface area is 284 Å². The van der Waals surface area contributed by atoms with E-state index >= 15 is 0 Å². The molecule has 0 bridgehead atoms. The van der Waals surface area contributed by atoms with Gasteiger partial charge in [0.1, 0.15) is 5.69 Å². The van der Waals surface area contributed by atoms with Gasteiger partial charge in [0.25, 0.3) is 5.91 Å². The molecular weight excluding hydrogens is 628 g/mol. The number of likely N-dealkylation sites (tertiary alicyclic amines) is 1. The SMILES string of the molecule is O=C(Nc1cccc([C@@H]2O[C@H](CN3CCC(O)(c4ccc(Cl)cc4)CC3)C[C@H](c3ccc(CO)cc3)O2)c1)c1cnc2ccccc2n1. The van der Waals surface area contributed by atoms with E-state index in [-0.39, 0.29) is 30.4 Å². The Balaban J connectivity index is 1.07. The van der Waals surface area contributed by atoms with E-state index in [1.165, 1.54) is 6.20 Å². The molecule has 2 aliphatic heterocycles. The van der Waals surface area contributed by atoms with Crippen LogP contribution in [-0.2, 0) is 21.7 Å². The largest absolute Gasteiger partial charge is 0.392 e. The molecule has 4 aromatic carbocycles. The highest BCUT2D eigenvalue weighted by Crippen LogP contribution is 2.40. The number of hydrogen-bond donors (Lipinski definition) is 3. The van der Waals surface area contributed by atoms with Crippen molar-refractivity contribution in [1.82, 2.24) is 14.9 Å². The van der Waals surface area contributed by atoms with Gasteiger partial charge in [0.15, 0.2) is 6.29 Å². The summed E-state index contributed by atoms with van der Waals surface area (Å²) in [6, 6.07) is 30.1. The zero-order chi connectivity index (χ0) is 33.1. The van der Waals surface area contributed by atoms with Gasteiger partial charge in [-0.15, -0.1) is 0 Å². The minimum atomic E-state index is -0.888. The highest BCUT2D eigenvalue weighted by Gasteiger charge is 2.37. The van der Waals surface area contributed by atoms with Gasteiger partial charge in [0.2, 0.25) is 0 Å². The number of piperidine rings is 1. The standard InChI is InChI=1S/C38H37ClN4O5/c39-29-14-12-28(13-15-29)38(46)16-18-43(19-17-38)23-31-21-35(26-10-8-25(24-44)9-11-26)48-37(47-31)27-4-3-5-30(20-27)41-36(45)34-22-40-32-6-1-2-7-33(32)42-34/h1-15,20,22,31,35,37,44,46H,16-19,21,23-24H2,(H,41,45)/t31-,35+,37+/m0/s1. The maximum absolute atomic E-state index is 13.1. The van der Waals surface area contributed by atoms with Crippen molar-refractivity contribution in [3.8, 4) is 0 Å². The fraction of sp³-hybridized carbons (Fsp3) is 0.289. The van der Waals surface area contributed by atoms with Gasteiger partial charge in [-0.1, -0.05) is 72.3 Å². The first-order chi connectivity index (χ1) is 23.3. The van der Waals surface area contributed by atoms with Crippen molar-refractivity contribution in [3.63, 3.8) is 0 Å². The van der Waals surface area contributed by atoms with Crippen LogP contribution in [0.1, 0.15) is 64.4 Å². The van der Waals surface area contributed by atoms with E-state index in [2.05, 4.69) is 20.2 Å². The van der Waals surface area contributed by atoms with Gasteiger partial charge in [0, 0.05) is 42.3 Å². The molecule has 48 heavy (non-hydrogen) atoms. The van der Waals surface area contributed by atoms with Crippen molar-refractivity contribution in [2.75, 3.05) is 25.0 Å². The Kier molecular flexibility index (Phi) is 9.50. The number of benzene rings is 4. The van der Waals surface area contributed by atoms with Crippen LogP contribution in [0.3, 0.4) is 0 Å². The van der Waals surface area contributed by atoms with Crippen LogP contribution in [0.25, 0.3) is 11.0 Å². The van der Waals surface area contributed by atoms with Gasteiger partial charge in [-0.2, -0.15) is 0 Å². The molecular formula is C38H37ClN4O5. The summed E-state index contributed by atoms with van der Waals surface area (Å²) in [4.78, 5) is 24.3. The molecule has 10 heteroatoms. The molecule has 2 fully saturated rings. The molecule has 1 amide bonds. The highest BCUT2D eigenvalue weighted by molar-refractivity contribution is 6.30. The number of halogens is 1. The van der Waals surface area contributed by atoms with Crippen molar-refractivity contribution in [2.24, 2.45) is 0 Å². The average molecular weight is 665 g/mol. The maximum Gasteiger partial charge on any atom is 0.275 e. The number of carbonyl (C=O) groups excluding carboxylic acids is 1. The second-order valence-corrected chi connectivity index (χ2v) is 12.9. The summed E-state index contributed by atoms with van der Waals surface area (Å²) in [6.45, 7) is 2.10. The molecule has 0 unspecified atom stereocenters. The van der Waals surface area contributed by atoms with Crippen molar-refractivity contribution >= 4 is 34.2 Å². The quantitative estimate of drug-likeness (QED) is 0.171. The summed E-state index contributed by atoms with van der Waals surface area (Å²) in [6.07, 6.45) is 2.25. The molecule has 2 aliphatic rings. The summed E-state index contributed by atoms with van der Waals surface area (Å²) in [5.41, 5.74) is 4.79. The molecule has 3 heterocycles. The number of amides is 1. The van der Waals surface area contributed by atoms with Crippen LogP contribution in [0, 0.1) is 0 Å². The Hall–Kier alpha value is -4.22. The average Bonchev–Trinajstić information content (AvgIpc) is 3.12. The second kappa shape index (κ2) is 14.1. The van der Waals surface area contributed by atoms with Crippen LogP contribution >= 0.6 is 11.6 Å². The van der Waals surface area contributed by atoms with Gasteiger partial charge in [0.05, 0.1) is 41.6 Å². The summed E-state index contributed by atoms with van der Waals surface area (Å²) < 4.78 is 13.2. The van der Waals surface area contributed by atoms with Crippen molar-refractivity contribution in [3.05, 3.63) is 136 Å². The molecule has 9 nitrogen and oxygen atoms in total. The number of rotatable bonds is 8. The van der Waals surface area contributed by atoms with Gasteiger partial charge in [-0.05, 0) is 65.9 Å². The first-order valence-corrected chi connectivity index (χ1v) is 16.6. The molecule has 1 aromatic heterocycles. The number of nitrogens with one attached hydrogen (secondary N) is 1. The smallest absolute Gasteiger partial charge is 0.275 e. The minimum Gasteiger partial charge on any atom is -0.392 e. The summed E-state index contributed by atoms with van der Waals surface area (Å²) in [5.74, 6) is -0.362. The van der Waals surface area contributed by atoms with E-state index in [1.54, 1.807) is 0 Å². The van der Waals surface area contributed by atoms with Crippen LogP contribution in [-0.4, -0.2) is 56.7 Å². The molecule has 246 valence electrons. The Bertz CT molecular complexity index is 1880. The predicted octanol–water partition coefficient (Wildman–Crippen LogP) is 6.56. The summed E-state index contributed by atoms with van der Waals surface area (Å²) in [5, 5.41) is 24.6. The Morgan fingerprint density at radius 1 is 0.917 bits per heavy atom. The van der Waals surface area contributed by atoms with E-state index < -0.39 is 11.9 Å². The lowest BCUT2D eigenvalue weighted by atomic mass is 9.84. The number of para-hydroxylation sites is 2. The fourth-order valence-corrected chi connectivity index (χ4v) is 6.63. The number of nitrogens with zero attached hydrogens (tertiary/aromatic N) is 3. The van der Waals surface area contributed by atoms with E-state index in [9.17, 15) is 15.0 Å². The first-order valence-electron chi connectivity index (χ1n) is 16.2. The van der Waals surface area contributed by atoms with Gasteiger partial charge >= 0.3 is 0 Å². The lowest BCUT2D eigenvalue weighted by molar-refractivity contribution is -0.253. The highest BCUT2D eigenvalue weighted by atomic mass is 35.5. The topological polar surface area (TPSA) is 117 Å². The number of hydrogen-bond acceptors (Lipinski definition) is 8. The number of aliphatic hydroxyl groups is 2. The zero-order valence-electron chi connectivity index (χ0n) is 26.3. The minimum absolute atomic E-state index is 0.0270. The Morgan fingerprint density at radius 3 is 2.42 bits per heavy atom. The van der Waals surface area contributed by atoms with Crippen molar-refractivity contribution < 1.29 is 24.5 Å². The molecule has 7 rings (SSSR count). The van der Waals surface area contributed by atoms with Crippen LogP contribution in [0.4, 0.5) is 5.69 Å². The third-order valence-corrected chi connectivity index (χ3v) is 9.49. The number of fused-ring (bicyclic) bond motifs is 1. The normalized spacial score (nSPS) is 21.2. The number of aliphatic hydroxyl groups excluding tert-OH is 1. The van der Waals surface area contributed by atoms with Crippen molar-refractivity contribution in [1.29, 1.82) is 0 Å². The maximum atomic E-state index is 13.1. The zero-order valence-corrected chi connectivity index (χ0v) is 27.1. The van der Waals surface area contributed by atoms with Gasteiger partial charge in [-0.25, -0.2) is 4.98 Å². The van der Waals surface area contributed by atoms with Gasteiger partial charge in [-0.3, -0.25) is 9.78 Å². The van der Waals surface area contributed by atoms with Crippen molar-refractivity contribution in [2.45, 2.75) is 50.0 Å². The molecule has 0 spiro atoms. The third kappa shape index (κ3) is 7.27. The first kappa shape index (κ1) is 32.3. The number of anilines is 1. The predicted molar refractivity (Wildman–Crippen MR) is 183 cm³/mol. The van der Waals surface area contributed by atoms with E-state index in [1.807, 2.05) is 97.1 Å². The number of ether oxygens (including phenoxy) is 2. The molecule has 0 saturated carbocycles.